The van der Waals surface area contributed by atoms with Gasteiger partial charge in [-0.2, -0.15) is 0 Å². The molecule has 1 aromatic rings. The van der Waals surface area contributed by atoms with Crippen molar-refractivity contribution in [2.45, 2.75) is 6.92 Å². The van der Waals surface area contributed by atoms with Crippen LogP contribution >= 0.6 is 0 Å². The lowest BCUT2D eigenvalue weighted by Gasteiger charge is -2.22. The molecular formula is C11H15N3O3. The minimum absolute atomic E-state index is 0.0298. The second kappa shape index (κ2) is 5.83. The summed E-state index contributed by atoms with van der Waals surface area (Å²) < 4.78 is 0. The van der Waals surface area contributed by atoms with Crippen molar-refractivity contribution < 1.29 is 14.7 Å². The van der Waals surface area contributed by atoms with E-state index in [2.05, 4.69) is 10.3 Å². The van der Waals surface area contributed by atoms with Crippen molar-refractivity contribution in [3.8, 4) is 0 Å². The van der Waals surface area contributed by atoms with E-state index in [0.29, 0.717) is 12.2 Å². The number of hydrogen-bond acceptors (Lipinski definition) is 4. The zero-order chi connectivity index (χ0) is 12.8. The number of pyridine rings is 1. The normalized spacial score (nSPS) is 9.76. The molecule has 0 spiro atoms. The van der Waals surface area contributed by atoms with Crippen LogP contribution in [-0.2, 0) is 4.79 Å². The van der Waals surface area contributed by atoms with Crippen molar-refractivity contribution in [3.05, 3.63) is 24.0 Å². The molecule has 1 rings (SSSR count). The van der Waals surface area contributed by atoms with Crippen LogP contribution in [0.25, 0.3) is 0 Å². The van der Waals surface area contributed by atoms with Crippen molar-refractivity contribution >= 4 is 17.6 Å². The molecule has 92 valence electrons. The van der Waals surface area contributed by atoms with Crippen LogP contribution in [0.4, 0.5) is 5.69 Å². The number of carbonyl (C=O) groups is 2. The second-order valence-corrected chi connectivity index (χ2v) is 3.39. The highest BCUT2D eigenvalue weighted by molar-refractivity contribution is 5.87. The Hall–Kier alpha value is -2.11. The standard InChI is InChI=1S/C11H15N3O3/c1-3-14(7-10(15)12-2)8-4-5-13-9(6-8)11(16)17/h4-6H,3,7H2,1-2H3,(H,12,15)(H,16,17). The summed E-state index contributed by atoms with van der Waals surface area (Å²) >= 11 is 0. The quantitative estimate of drug-likeness (QED) is 0.772. The van der Waals surface area contributed by atoms with Crippen LogP contribution in [0.2, 0.25) is 0 Å². The Morgan fingerprint density at radius 3 is 2.76 bits per heavy atom. The largest absolute Gasteiger partial charge is 0.477 e. The fourth-order valence-electron chi connectivity index (χ4n) is 1.37. The highest BCUT2D eigenvalue weighted by Gasteiger charge is 2.11. The lowest BCUT2D eigenvalue weighted by atomic mass is 10.3. The summed E-state index contributed by atoms with van der Waals surface area (Å²) in [6.45, 7) is 2.69. The number of carboxylic acids is 1. The summed E-state index contributed by atoms with van der Waals surface area (Å²) in [6, 6.07) is 3.13. The van der Waals surface area contributed by atoms with Crippen LogP contribution in [0.5, 0.6) is 0 Å². The van der Waals surface area contributed by atoms with E-state index >= 15 is 0 Å². The Bertz CT molecular complexity index is 420. The molecule has 0 unspecified atom stereocenters. The number of anilines is 1. The molecule has 0 aliphatic heterocycles. The first-order valence-corrected chi connectivity index (χ1v) is 5.23. The summed E-state index contributed by atoms with van der Waals surface area (Å²) in [5.74, 6) is -1.21. The molecule has 0 bridgehead atoms. The van der Waals surface area contributed by atoms with Gasteiger partial charge in [0.05, 0.1) is 6.54 Å². The monoisotopic (exact) mass is 237 g/mol. The Balaban J connectivity index is 2.91. The fraction of sp³-hybridized carbons (Fsp3) is 0.364. The zero-order valence-electron chi connectivity index (χ0n) is 9.80. The van der Waals surface area contributed by atoms with Crippen LogP contribution < -0.4 is 10.2 Å². The van der Waals surface area contributed by atoms with Gasteiger partial charge in [0, 0.05) is 25.5 Å². The van der Waals surface area contributed by atoms with E-state index in [9.17, 15) is 9.59 Å². The molecule has 2 N–H and O–H groups in total. The maximum Gasteiger partial charge on any atom is 0.354 e. The molecule has 0 aliphatic carbocycles. The van der Waals surface area contributed by atoms with Crippen LogP contribution in [0.1, 0.15) is 17.4 Å². The molecule has 0 aliphatic rings. The molecule has 17 heavy (non-hydrogen) atoms. The average molecular weight is 237 g/mol. The number of likely N-dealkylation sites (N-methyl/N-ethyl adjacent to an activating group) is 2. The predicted molar refractivity (Wildman–Crippen MR) is 63.2 cm³/mol. The van der Waals surface area contributed by atoms with E-state index in [1.807, 2.05) is 6.92 Å². The van der Waals surface area contributed by atoms with Gasteiger partial charge in [0.2, 0.25) is 5.91 Å². The molecule has 0 fully saturated rings. The molecule has 0 radical (unpaired) electrons. The Morgan fingerprint density at radius 2 is 2.24 bits per heavy atom. The third-order valence-electron chi connectivity index (χ3n) is 2.32. The van der Waals surface area contributed by atoms with Crippen LogP contribution in [0.3, 0.4) is 0 Å². The number of rotatable bonds is 5. The van der Waals surface area contributed by atoms with Crippen molar-refractivity contribution in [1.29, 1.82) is 0 Å². The van der Waals surface area contributed by atoms with Gasteiger partial charge in [-0.1, -0.05) is 0 Å². The van der Waals surface area contributed by atoms with Gasteiger partial charge in [-0.15, -0.1) is 0 Å². The molecule has 6 heteroatoms. The lowest BCUT2D eigenvalue weighted by Crippen LogP contribution is -2.35. The molecule has 1 heterocycles. The Labute approximate surface area is 99.3 Å². The smallest absolute Gasteiger partial charge is 0.354 e. The van der Waals surface area contributed by atoms with Crippen LogP contribution in [-0.4, -0.2) is 42.1 Å². The van der Waals surface area contributed by atoms with Gasteiger partial charge in [-0.05, 0) is 19.1 Å². The third-order valence-corrected chi connectivity index (χ3v) is 2.32. The van der Waals surface area contributed by atoms with E-state index in [-0.39, 0.29) is 18.1 Å². The maximum atomic E-state index is 11.3. The van der Waals surface area contributed by atoms with E-state index < -0.39 is 5.97 Å². The molecule has 6 nitrogen and oxygen atoms in total. The molecule has 0 atom stereocenters. The number of aromatic carboxylic acids is 1. The highest BCUT2D eigenvalue weighted by atomic mass is 16.4. The van der Waals surface area contributed by atoms with Gasteiger partial charge in [0.25, 0.3) is 0 Å². The molecule has 0 saturated heterocycles. The molecule has 1 amide bonds. The number of hydrogen-bond donors (Lipinski definition) is 2. The van der Waals surface area contributed by atoms with Gasteiger partial charge >= 0.3 is 5.97 Å². The summed E-state index contributed by atoms with van der Waals surface area (Å²) in [5.41, 5.74) is 0.640. The minimum Gasteiger partial charge on any atom is -0.477 e. The third kappa shape index (κ3) is 3.44. The topological polar surface area (TPSA) is 82.5 Å². The van der Waals surface area contributed by atoms with Crippen LogP contribution in [0.15, 0.2) is 18.3 Å². The molecule has 0 saturated carbocycles. The first kappa shape index (κ1) is 13.0. The van der Waals surface area contributed by atoms with Crippen LogP contribution in [0, 0.1) is 0 Å². The zero-order valence-corrected chi connectivity index (χ0v) is 9.80. The Morgan fingerprint density at radius 1 is 1.53 bits per heavy atom. The first-order valence-electron chi connectivity index (χ1n) is 5.23. The van der Waals surface area contributed by atoms with Crippen molar-refractivity contribution in [1.82, 2.24) is 10.3 Å². The average Bonchev–Trinajstić information content (AvgIpc) is 2.35. The molecule has 0 aromatic carbocycles. The summed E-state index contributed by atoms with van der Waals surface area (Å²) in [7, 11) is 1.56. The molecular weight excluding hydrogens is 222 g/mol. The first-order chi connectivity index (χ1) is 8.08. The van der Waals surface area contributed by atoms with Gasteiger partial charge in [-0.3, -0.25) is 4.79 Å². The second-order valence-electron chi connectivity index (χ2n) is 3.39. The number of nitrogens with one attached hydrogen (secondary N) is 1. The van der Waals surface area contributed by atoms with Crippen molar-refractivity contribution in [2.24, 2.45) is 0 Å². The summed E-state index contributed by atoms with van der Waals surface area (Å²) in [6.07, 6.45) is 1.42. The predicted octanol–water partition coefficient (Wildman–Crippen LogP) is 0.352. The summed E-state index contributed by atoms with van der Waals surface area (Å²) in [4.78, 5) is 27.6. The number of amides is 1. The van der Waals surface area contributed by atoms with E-state index in [1.54, 1.807) is 18.0 Å². The van der Waals surface area contributed by atoms with Gasteiger partial charge in [0.15, 0.2) is 0 Å². The van der Waals surface area contributed by atoms with E-state index in [4.69, 9.17) is 5.11 Å². The number of carboxylic acid groups (broad SMARTS) is 1. The van der Waals surface area contributed by atoms with Gasteiger partial charge in [0.1, 0.15) is 5.69 Å². The highest BCUT2D eigenvalue weighted by Crippen LogP contribution is 2.14. The maximum absolute atomic E-state index is 11.3. The van der Waals surface area contributed by atoms with Gasteiger partial charge in [-0.25, -0.2) is 9.78 Å². The minimum atomic E-state index is -1.08. The fourth-order valence-corrected chi connectivity index (χ4v) is 1.37. The molecule has 1 aromatic heterocycles. The van der Waals surface area contributed by atoms with Crippen molar-refractivity contribution in [2.75, 3.05) is 25.0 Å². The number of carbonyl (C=O) groups excluding carboxylic acids is 1. The van der Waals surface area contributed by atoms with E-state index in [1.165, 1.54) is 12.3 Å². The summed E-state index contributed by atoms with van der Waals surface area (Å²) in [5, 5.41) is 11.4. The number of nitrogens with zero attached hydrogens (tertiary/aromatic N) is 2. The Kier molecular flexibility index (Phi) is 4.45. The SMILES string of the molecule is CCN(CC(=O)NC)c1ccnc(C(=O)O)c1. The van der Waals surface area contributed by atoms with E-state index in [0.717, 1.165) is 0 Å². The van der Waals surface area contributed by atoms with Crippen molar-refractivity contribution in [3.63, 3.8) is 0 Å². The number of aromatic nitrogens is 1. The lowest BCUT2D eigenvalue weighted by molar-refractivity contribution is -0.119. The van der Waals surface area contributed by atoms with Gasteiger partial charge < -0.3 is 15.3 Å².